The molecule has 4 heteroatoms. The number of halogens is 1. The molecule has 1 aliphatic rings. The van der Waals surface area contributed by atoms with E-state index in [4.69, 9.17) is 16.3 Å². The number of carboxylic acid groups (broad SMARTS) is 1. The summed E-state index contributed by atoms with van der Waals surface area (Å²) in [7, 11) is 0. The Morgan fingerprint density at radius 3 is 2.81 bits per heavy atom. The Bertz CT molecular complexity index is 386. The zero-order chi connectivity index (χ0) is 11.5. The molecule has 0 spiro atoms. The smallest absolute Gasteiger partial charge is 0.311 e. The molecule has 1 aromatic carbocycles. The predicted octanol–water partition coefficient (Wildman–Crippen LogP) is 2.54. The van der Waals surface area contributed by atoms with Crippen LogP contribution in [0.2, 0.25) is 5.02 Å². The number of rotatable bonds is 3. The highest BCUT2D eigenvalue weighted by Gasteiger charge is 2.33. The Kier molecular flexibility index (Phi) is 3.46. The lowest BCUT2D eigenvalue weighted by molar-refractivity contribution is -0.140. The van der Waals surface area contributed by atoms with Gasteiger partial charge in [0.2, 0.25) is 0 Å². The van der Waals surface area contributed by atoms with E-state index in [1.807, 2.05) is 6.07 Å². The van der Waals surface area contributed by atoms with Gasteiger partial charge in [-0.2, -0.15) is 0 Å². The molecule has 86 valence electrons. The van der Waals surface area contributed by atoms with Crippen LogP contribution in [0.15, 0.2) is 24.3 Å². The number of ether oxygens (including phenoxy) is 1. The molecule has 2 rings (SSSR count). The summed E-state index contributed by atoms with van der Waals surface area (Å²) >= 11 is 6.04. The zero-order valence-electron chi connectivity index (χ0n) is 8.73. The quantitative estimate of drug-likeness (QED) is 0.883. The minimum atomic E-state index is -0.830. The van der Waals surface area contributed by atoms with Gasteiger partial charge in [-0.25, -0.2) is 0 Å². The van der Waals surface area contributed by atoms with Gasteiger partial charge >= 0.3 is 5.97 Å². The molecule has 16 heavy (non-hydrogen) atoms. The summed E-state index contributed by atoms with van der Waals surface area (Å²) in [6.45, 7) is 1.14. The summed E-state index contributed by atoms with van der Waals surface area (Å²) in [6, 6.07) is 7.12. The van der Waals surface area contributed by atoms with E-state index in [1.165, 1.54) is 0 Å². The molecule has 0 radical (unpaired) electrons. The molecular formula is C12H13ClO3. The molecule has 1 aliphatic heterocycles. The zero-order valence-corrected chi connectivity index (χ0v) is 9.48. The number of carboxylic acids is 1. The molecular weight excluding hydrogens is 228 g/mol. The van der Waals surface area contributed by atoms with Crippen LogP contribution in [0.5, 0.6) is 0 Å². The second-order valence-corrected chi connectivity index (χ2v) is 4.37. The van der Waals surface area contributed by atoms with Gasteiger partial charge in [-0.1, -0.05) is 29.8 Å². The summed E-state index contributed by atoms with van der Waals surface area (Å²) < 4.78 is 5.24. The molecule has 0 aromatic heterocycles. The Hall–Kier alpha value is -1.06. The van der Waals surface area contributed by atoms with Crippen LogP contribution < -0.4 is 0 Å². The normalized spacial score (nSPS) is 21.9. The van der Waals surface area contributed by atoms with Crippen molar-refractivity contribution >= 4 is 17.6 Å². The highest BCUT2D eigenvalue weighted by atomic mass is 35.5. The van der Waals surface area contributed by atoms with Crippen LogP contribution in [0.4, 0.5) is 0 Å². The first-order chi connectivity index (χ1) is 7.70. The number of hydrogen-bond acceptors (Lipinski definition) is 2. The average Bonchev–Trinajstić information content (AvgIpc) is 2.74. The Morgan fingerprint density at radius 1 is 1.50 bits per heavy atom. The largest absolute Gasteiger partial charge is 0.481 e. The molecule has 1 aromatic rings. The molecule has 1 saturated heterocycles. The SMILES string of the molecule is O=C(O)C(c1ccccc1Cl)C1CCOC1. The third-order valence-corrected chi connectivity index (χ3v) is 3.29. The third kappa shape index (κ3) is 2.20. The number of benzene rings is 1. The molecule has 3 nitrogen and oxygen atoms in total. The van der Waals surface area contributed by atoms with E-state index < -0.39 is 11.9 Å². The van der Waals surface area contributed by atoms with E-state index in [1.54, 1.807) is 18.2 Å². The Labute approximate surface area is 99.0 Å². The van der Waals surface area contributed by atoms with Crippen molar-refractivity contribution in [3.8, 4) is 0 Å². The van der Waals surface area contributed by atoms with Crippen LogP contribution in [0.1, 0.15) is 17.9 Å². The lowest BCUT2D eigenvalue weighted by Crippen LogP contribution is -2.22. The van der Waals surface area contributed by atoms with Gasteiger partial charge in [0.05, 0.1) is 12.5 Å². The van der Waals surface area contributed by atoms with Gasteiger partial charge in [0.25, 0.3) is 0 Å². The van der Waals surface area contributed by atoms with E-state index >= 15 is 0 Å². The van der Waals surface area contributed by atoms with Crippen LogP contribution in [0.25, 0.3) is 0 Å². The fourth-order valence-electron chi connectivity index (χ4n) is 2.13. The van der Waals surface area contributed by atoms with E-state index in [0.29, 0.717) is 23.8 Å². The van der Waals surface area contributed by atoms with Gasteiger partial charge in [-0.05, 0) is 18.1 Å². The van der Waals surface area contributed by atoms with E-state index in [0.717, 1.165) is 6.42 Å². The average molecular weight is 241 g/mol. The van der Waals surface area contributed by atoms with Crippen molar-refractivity contribution in [2.24, 2.45) is 5.92 Å². The molecule has 2 unspecified atom stereocenters. The fraction of sp³-hybridized carbons (Fsp3) is 0.417. The van der Waals surface area contributed by atoms with E-state index in [-0.39, 0.29) is 5.92 Å². The number of aliphatic carboxylic acids is 1. The Morgan fingerprint density at radius 2 is 2.25 bits per heavy atom. The first kappa shape index (κ1) is 11.4. The monoisotopic (exact) mass is 240 g/mol. The maximum atomic E-state index is 11.3. The van der Waals surface area contributed by atoms with Gasteiger partial charge in [0.15, 0.2) is 0 Å². The second kappa shape index (κ2) is 4.85. The molecule has 1 heterocycles. The fourth-order valence-corrected chi connectivity index (χ4v) is 2.38. The van der Waals surface area contributed by atoms with Crippen LogP contribution in [-0.4, -0.2) is 24.3 Å². The molecule has 0 bridgehead atoms. The van der Waals surface area contributed by atoms with Gasteiger partial charge < -0.3 is 9.84 Å². The molecule has 0 amide bonds. The first-order valence-electron chi connectivity index (χ1n) is 5.25. The van der Waals surface area contributed by atoms with Gasteiger partial charge in [0, 0.05) is 17.5 Å². The van der Waals surface area contributed by atoms with Crippen molar-refractivity contribution < 1.29 is 14.6 Å². The van der Waals surface area contributed by atoms with Gasteiger partial charge in [-0.3, -0.25) is 4.79 Å². The number of carbonyl (C=O) groups is 1. The summed E-state index contributed by atoms with van der Waals surface area (Å²) in [4.78, 5) is 11.3. The maximum Gasteiger partial charge on any atom is 0.311 e. The topological polar surface area (TPSA) is 46.5 Å². The van der Waals surface area contributed by atoms with Crippen LogP contribution in [0, 0.1) is 5.92 Å². The van der Waals surface area contributed by atoms with Crippen LogP contribution >= 0.6 is 11.6 Å². The lowest BCUT2D eigenvalue weighted by atomic mass is 9.85. The maximum absolute atomic E-state index is 11.3. The van der Waals surface area contributed by atoms with Crippen molar-refractivity contribution in [3.63, 3.8) is 0 Å². The lowest BCUT2D eigenvalue weighted by Gasteiger charge is -2.19. The van der Waals surface area contributed by atoms with Crippen molar-refractivity contribution in [2.75, 3.05) is 13.2 Å². The van der Waals surface area contributed by atoms with E-state index in [2.05, 4.69) is 0 Å². The van der Waals surface area contributed by atoms with E-state index in [9.17, 15) is 9.90 Å². The summed E-state index contributed by atoms with van der Waals surface area (Å²) in [5.74, 6) is -1.36. The number of hydrogen-bond donors (Lipinski definition) is 1. The van der Waals surface area contributed by atoms with Crippen molar-refractivity contribution in [2.45, 2.75) is 12.3 Å². The molecule has 2 atom stereocenters. The highest BCUT2D eigenvalue weighted by molar-refractivity contribution is 6.31. The standard InChI is InChI=1S/C12H13ClO3/c13-10-4-2-1-3-9(10)11(12(14)15)8-5-6-16-7-8/h1-4,8,11H,5-7H2,(H,14,15). The Balaban J connectivity index is 2.32. The molecule has 1 N–H and O–H groups in total. The van der Waals surface area contributed by atoms with Crippen molar-refractivity contribution in [1.29, 1.82) is 0 Å². The third-order valence-electron chi connectivity index (χ3n) is 2.94. The summed E-state index contributed by atoms with van der Waals surface area (Å²) in [5, 5.41) is 9.81. The molecule has 0 aliphatic carbocycles. The second-order valence-electron chi connectivity index (χ2n) is 3.96. The van der Waals surface area contributed by atoms with Gasteiger partial charge in [-0.15, -0.1) is 0 Å². The van der Waals surface area contributed by atoms with Crippen LogP contribution in [0.3, 0.4) is 0 Å². The summed E-state index contributed by atoms with van der Waals surface area (Å²) in [6.07, 6.45) is 0.780. The minimum Gasteiger partial charge on any atom is -0.481 e. The first-order valence-corrected chi connectivity index (χ1v) is 5.63. The highest BCUT2D eigenvalue weighted by Crippen LogP contribution is 2.34. The van der Waals surface area contributed by atoms with Crippen molar-refractivity contribution in [1.82, 2.24) is 0 Å². The minimum absolute atomic E-state index is 0.0254. The van der Waals surface area contributed by atoms with Crippen LogP contribution in [-0.2, 0) is 9.53 Å². The molecule has 0 saturated carbocycles. The predicted molar refractivity (Wildman–Crippen MR) is 60.8 cm³/mol. The van der Waals surface area contributed by atoms with Gasteiger partial charge in [0.1, 0.15) is 0 Å². The van der Waals surface area contributed by atoms with Crippen molar-refractivity contribution in [3.05, 3.63) is 34.9 Å². The summed E-state index contributed by atoms with van der Waals surface area (Å²) in [5.41, 5.74) is 0.687. The molecule has 1 fully saturated rings.